The van der Waals surface area contributed by atoms with Crippen molar-refractivity contribution in [3.63, 3.8) is 0 Å². The molecule has 0 aliphatic rings. The van der Waals surface area contributed by atoms with Gasteiger partial charge in [-0.1, -0.05) is 12.1 Å². The van der Waals surface area contributed by atoms with Gasteiger partial charge >= 0.3 is 6.09 Å². The van der Waals surface area contributed by atoms with Crippen molar-refractivity contribution in [2.24, 2.45) is 5.73 Å². The van der Waals surface area contributed by atoms with E-state index >= 15 is 0 Å². The maximum absolute atomic E-state index is 13.9. The summed E-state index contributed by atoms with van der Waals surface area (Å²) in [4.78, 5) is 11.7. The number of benzene rings is 1. The lowest BCUT2D eigenvalue weighted by Crippen LogP contribution is -2.38. The van der Waals surface area contributed by atoms with Gasteiger partial charge in [0.2, 0.25) is 0 Å². The van der Waals surface area contributed by atoms with Gasteiger partial charge in [0.15, 0.2) is 0 Å². The first kappa shape index (κ1) is 15.9. The molecule has 1 atom stereocenters. The van der Waals surface area contributed by atoms with Gasteiger partial charge in [-0.2, -0.15) is 0 Å². The smallest absolute Gasteiger partial charge is 0.408 e. The highest BCUT2D eigenvalue weighted by molar-refractivity contribution is 9.10. The van der Waals surface area contributed by atoms with E-state index in [0.717, 1.165) is 0 Å². The number of hydrogen-bond donors (Lipinski definition) is 2. The van der Waals surface area contributed by atoms with Gasteiger partial charge in [-0.05, 0) is 42.8 Å². The number of carbonyl (C=O) groups is 1. The Labute approximate surface area is 120 Å². The van der Waals surface area contributed by atoms with Crippen molar-refractivity contribution < 1.29 is 13.9 Å². The van der Waals surface area contributed by atoms with Gasteiger partial charge in [0.05, 0.1) is 10.5 Å². The maximum Gasteiger partial charge on any atom is 0.408 e. The van der Waals surface area contributed by atoms with E-state index in [-0.39, 0.29) is 6.54 Å². The first-order valence-electron chi connectivity index (χ1n) is 5.88. The van der Waals surface area contributed by atoms with Crippen LogP contribution in [-0.4, -0.2) is 18.2 Å². The van der Waals surface area contributed by atoms with E-state index in [1.807, 2.05) is 0 Å². The number of nitrogens with two attached hydrogens (primary N) is 1. The molecule has 0 fully saturated rings. The van der Waals surface area contributed by atoms with Crippen LogP contribution >= 0.6 is 15.9 Å². The van der Waals surface area contributed by atoms with Crippen molar-refractivity contribution in [2.45, 2.75) is 32.4 Å². The highest BCUT2D eigenvalue weighted by atomic mass is 79.9. The molecule has 1 amide bonds. The lowest BCUT2D eigenvalue weighted by Gasteiger charge is -2.23. The second-order valence-corrected chi connectivity index (χ2v) is 5.93. The minimum atomic E-state index is -0.632. The monoisotopic (exact) mass is 332 g/mol. The number of nitrogens with one attached hydrogen (secondary N) is 1. The molecule has 1 unspecified atom stereocenters. The van der Waals surface area contributed by atoms with Gasteiger partial charge in [0.25, 0.3) is 0 Å². The van der Waals surface area contributed by atoms with Crippen LogP contribution < -0.4 is 11.1 Å². The molecule has 3 N–H and O–H groups in total. The summed E-state index contributed by atoms with van der Waals surface area (Å²) in [7, 11) is 0. The zero-order valence-electron chi connectivity index (χ0n) is 11.2. The lowest BCUT2D eigenvalue weighted by atomic mass is 10.1. The predicted molar refractivity (Wildman–Crippen MR) is 75.3 cm³/mol. The number of halogens is 2. The fourth-order valence-electron chi connectivity index (χ4n) is 1.50. The second kappa shape index (κ2) is 6.34. The van der Waals surface area contributed by atoms with Crippen LogP contribution in [0, 0.1) is 5.82 Å². The Kier molecular flexibility index (Phi) is 5.31. The van der Waals surface area contributed by atoms with Crippen LogP contribution in [0.4, 0.5) is 9.18 Å². The molecule has 0 saturated carbocycles. The molecule has 19 heavy (non-hydrogen) atoms. The second-order valence-electron chi connectivity index (χ2n) is 5.08. The largest absolute Gasteiger partial charge is 0.444 e. The summed E-state index contributed by atoms with van der Waals surface area (Å²) in [6.07, 6.45) is -0.623. The Morgan fingerprint density at radius 2 is 2.16 bits per heavy atom. The Morgan fingerprint density at radius 3 is 2.68 bits per heavy atom. The fraction of sp³-hybridized carbons (Fsp3) is 0.462. The number of amides is 1. The summed E-state index contributed by atoms with van der Waals surface area (Å²) in [6, 6.07) is 4.21. The predicted octanol–water partition coefficient (Wildman–Crippen LogP) is 3.11. The quantitative estimate of drug-likeness (QED) is 0.893. The Hall–Kier alpha value is -1.14. The van der Waals surface area contributed by atoms with Crippen molar-refractivity contribution in [3.8, 4) is 0 Å². The third kappa shape index (κ3) is 4.80. The standard InChI is InChI=1S/C13H18BrFN2O2/c1-13(2,3)19-12(18)17-10(7-16)8-5-4-6-9(14)11(8)15/h4-6,10H,7,16H2,1-3H3,(H,17,18). The van der Waals surface area contributed by atoms with Crippen molar-refractivity contribution in [3.05, 3.63) is 34.1 Å². The Morgan fingerprint density at radius 1 is 1.53 bits per heavy atom. The van der Waals surface area contributed by atoms with Crippen LogP contribution in [0.5, 0.6) is 0 Å². The molecule has 4 nitrogen and oxygen atoms in total. The van der Waals surface area contributed by atoms with Crippen LogP contribution in [0.2, 0.25) is 0 Å². The molecule has 0 spiro atoms. The molecule has 0 aliphatic heterocycles. The molecule has 106 valence electrons. The third-order valence-corrected chi connectivity index (χ3v) is 2.90. The van der Waals surface area contributed by atoms with E-state index in [0.29, 0.717) is 10.0 Å². The normalized spacial score (nSPS) is 12.9. The Balaban J connectivity index is 2.84. The van der Waals surface area contributed by atoms with Crippen LogP contribution in [0.1, 0.15) is 32.4 Å². The number of rotatable bonds is 3. The molecule has 0 aliphatic carbocycles. The van der Waals surface area contributed by atoms with Crippen LogP contribution in [0.15, 0.2) is 22.7 Å². The highest BCUT2D eigenvalue weighted by Gasteiger charge is 2.22. The zero-order valence-corrected chi connectivity index (χ0v) is 12.8. The third-order valence-electron chi connectivity index (χ3n) is 2.28. The SMILES string of the molecule is CC(C)(C)OC(=O)NC(CN)c1cccc(Br)c1F. The van der Waals surface area contributed by atoms with Crippen molar-refractivity contribution in [1.29, 1.82) is 0 Å². The molecule has 6 heteroatoms. The average molecular weight is 333 g/mol. The highest BCUT2D eigenvalue weighted by Crippen LogP contribution is 2.23. The number of carbonyl (C=O) groups excluding carboxylic acids is 1. The zero-order chi connectivity index (χ0) is 14.6. The maximum atomic E-state index is 13.9. The minimum Gasteiger partial charge on any atom is -0.444 e. The van der Waals surface area contributed by atoms with Gasteiger partial charge in [0, 0.05) is 12.1 Å². The summed E-state index contributed by atoms with van der Waals surface area (Å²) >= 11 is 3.10. The van der Waals surface area contributed by atoms with Gasteiger partial charge in [-0.3, -0.25) is 0 Å². The Bertz CT molecular complexity index is 460. The molecule has 1 aromatic carbocycles. The summed E-state index contributed by atoms with van der Waals surface area (Å²) in [5, 5.41) is 2.56. The molecule has 0 radical (unpaired) electrons. The summed E-state index contributed by atoms with van der Waals surface area (Å²) in [5.41, 5.74) is 5.29. The molecular weight excluding hydrogens is 315 g/mol. The number of ether oxygens (including phenoxy) is 1. The van der Waals surface area contributed by atoms with E-state index in [9.17, 15) is 9.18 Å². The minimum absolute atomic E-state index is 0.0760. The van der Waals surface area contributed by atoms with Gasteiger partial charge in [-0.25, -0.2) is 9.18 Å². The first-order valence-corrected chi connectivity index (χ1v) is 6.67. The molecule has 0 bridgehead atoms. The van der Waals surface area contributed by atoms with E-state index in [1.165, 1.54) is 0 Å². The van der Waals surface area contributed by atoms with E-state index in [1.54, 1.807) is 39.0 Å². The van der Waals surface area contributed by atoms with E-state index in [2.05, 4.69) is 21.2 Å². The van der Waals surface area contributed by atoms with Gasteiger partial charge in [0.1, 0.15) is 11.4 Å². The number of hydrogen-bond acceptors (Lipinski definition) is 3. The number of alkyl carbamates (subject to hydrolysis) is 1. The summed E-state index contributed by atoms with van der Waals surface area (Å²) < 4.78 is 19.4. The lowest BCUT2D eigenvalue weighted by molar-refractivity contribution is 0.0504. The fourth-order valence-corrected chi connectivity index (χ4v) is 1.88. The topological polar surface area (TPSA) is 64.3 Å². The van der Waals surface area contributed by atoms with Gasteiger partial charge < -0.3 is 15.8 Å². The van der Waals surface area contributed by atoms with Crippen LogP contribution in [-0.2, 0) is 4.74 Å². The molecule has 0 saturated heterocycles. The van der Waals surface area contributed by atoms with Crippen molar-refractivity contribution in [1.82, 2.24) is 5.32 Å². The molecular formula is C13H18BrFN2O2. The molecule has 1 rings (SSSR count). The van der Waals surface area contributed by atoms with Crippen LogP contribution in [0.25, 0.3) is 0 Å². The van der Waals surface area contributed by atoms with Crippen molar-refractivity contribution >= 4 is 22.0 Å². The molecule has 1 aromatic rings. The van der Waals surface area contributed by atoms with Gasteiger partial charge in [-0.15, -0.1) is 0 Å². The first-order chi connectivity index (χ1) is 8.74. The van der Waals surface area contributed by atoms with Crippen LogP contribution in [0.3, 0.4) is 0 Å². The molecule has 0 aromatic heterocycles. The molecule has 0 heterocycles. The van der Waals surface area contributed by atoms with E-state index < -0.39 is 23.6 Å². The average Bonchev–Trinajstić information content (AvgIpc) is 2.27. The van der Waals surface area contributed by atoms with E-state index in [4.69, 9.17) is 10.5 Å². The van der Waals surface area contributed by atoms with Crippen molar-refractivity contribution in [2.75, 3.05) is 6.54 Å². The summed E-state index contributed by atoms with van der Waals surface area (Å²) in [6.45, 7) is 5.34. The summed E-state index contributed by atoms with van der Waals surface area (Å²) in [5.74, 6) is -0.436.